The van der Waals surface area contributed by atoms with E-state index in [0.29, 0.717) is 11.3 Å². The van der Waals surface area contributed by atoms with Crippen LogP contribution in [0.25, 0.3) is 0 Å². The van der Waals surface area contributed by atoms with Crippen molar-refractivity contribution >= 4 is 11.9 Å². The van der Waals surface area contributed by atoms with Crippen molar-refractivity contribution in [1.82, 2.24) is 14.7 Å². The molecule has 0 unspecified atom stereocenters. The third kappa shape index (κ3) is 3.31. The summed E-state index contributed by atoms with van der Waals surface area (Å²) in [6, 6.07) is 15.7. The van der Waals surface area contributed by atoms with Crippen molar-refractivity contribution in [2.24, 2.45) is 15.6 Å². The number of rotatable bonds is 5. The second-order valence-electron chi connectivity index (χ2n) is 8.15. The summed E-state index contributed by atoms with van der Waals surface area (Å²) in [5.74, 6) is 0.504. The van der Waals surface area contributed by atoms with Gasteiger partial charge in [0, 0.05) is 25.2 Å². The minimum absolute atomic E-state index is 0.0656. The van der Waals surface area contributed by atoms with Gasteiger partial charge in [0.25, 0.3) is 0 Å². The Morgan fingerprint density at radius 1 is 0.966 bits per heavy atom. The standard InChI is InChI=1S/C22H25N5O2/c1-29-19-9-5-8-18(20(19)28)10-23-24-21(17-6-3-2-4-7-17)22-11-25-14-26(12-22)16-27(13-22)15-25/h2-10,28H,11-16H2,1H3/b23-10+,24-21+. The van der Waals surface area contributed by atoms with Crippen molar-refractivity contribution in [3.8, 4) is 11.5 Å². The maximum atomic E-state index is 10.3. The van der Waals surface area contributed by atoms with Crippen LogP contribution >= 0.6 is 0 Å². The predicted molar refractivity (Wildman–Crippen MR) is 112 cm³/mol. The molecule has 0 spiro atoms. The molecule has 1 N–H and O–H groups in total. The van der Waals surface area contributed by atoms with E-state index >= 15 is 0 Å². The number of ether oxygens (including phenoxy) is 1. The Bertz CT molecular complexity index is 922. The van der Waals surface area contributed by atoms with Gasteiger partial charge in [0.15, 0.2) is 11.5 Å². The van der Waals surface area contributed by atoms with Gasteiger partial charge in [-0.25, -0.2) is 0 Å². The molecule has 2 aromatic carbocycles. The Morgan fingerprint density at radius 2 is 1.62 bits per heavy atom. The molecule has 4 heterocycles. The molecule has 0 atom stereocenters. The first-order valence-corrected chi connectivity index (χ1v) is 9.87. The van der Waals surface area contributed by atoms with Crippen LogP contribution < -0.4 is 4.74 Å². The summed E-state index contributed by atoms with van der Waals surface area (Å²) in [6.45, 7) is 6.07. The van der Waals surface area contributed by atoms with Crippen molar-refractivity contribution < 1.29 is 9.84 Å². The molecule has 4 bridgehead atoms. The molecule has 0 amide bonds. The highest BCUT2D eigenvalue weighted by molar-refractivity contribution is 6.05. The molecule has 150 valence electrons. The third-order valence-corrected chi connectivity index (χ3v) is 5.93. The Kier molecular flexibility index (Phi) is 4.58. The number of phenols is 1. The molecule has 2 aromatic rings. The average Bonchev–Trinajstić information content (AvgIpc) is 2.72. The van der Waals surface area contributed by atoms with E-state index in [2.05, 4.69) is 31.9 Å². The SMILES string of the molecule is COc1cccc(/C=N/N=C(\c2ccccc2)C23CN4CN(CN(C4)C2)C3)c1O. The highest BCUT2D eigenvalue weighted by Gasteiger charge is 2.51. The first-order valence-electron chi connectivity index (χ1n) is 9.87. The number of hydrogen-bond acceptors (Lipinski definition) is 7. The number of phenolic OH excluding ortho intramolecular Hbond substituents is 1. The molecule has 4 aliphatic heterocycles. The maximum Gasteiger partial charge on any atom is 0.166 e. The summed E-state index contributed by atoms with van der Waals surface area (Å²) in [5.41, 5.74) is 2.63. The van der Waals surface area contributed by atoms with Crippen LogP contribution in [0.15, 0.2) is 58.7 Å². The normalized spacial score (nSPS) is 30.8. The summed E-state index contributed by atoms with van der Waals surface area (Å²) in [4.78, 5) is 7.44. The molecule has 4 aliphatic rings. The lowest BCUT2D eigenvalue weighted by Crippen LogP contribution is -2.74. The molecular weight excluding hydrogens is 366 g/mol. The lowest BCUT2D eigenvalue weighted by molar-refractivity contribution is -0.149. The highest BCUT2D eigenvalue weighted by Crippen LogP contribution is 2.38. The van der Waals surface area contributed by atoms with Gasteiger partial charge >= 0.3 is 0 Å². The van der Waals surface area contributed by atoms with E-state index in [1.165, 1.54) is 7.11 Å². The van der Waals surface area contributed by atoms with Crippen molar-refractivity contribution in [3.05, 3.63) is 59.7 Å². The Balaban J connectivity index is 1.52. The summed E-state index contributed by atoms with van der Waals surface area (Å²) in [5, 5.41) is 19.4. The fraction of sp³-hybridized carbons (Fsp3) is 0.364. The number of para-hydroxylation sites is 1. The number of methoxy groups -OCH3 is 1. The zero-order chi connectivity index (χ0) is 19.8. The molecule has 0 aliphatic carbocycles. The monoisotopic (exact) mass is 391 g/mol. The number of nitrogens with zero attached hydrogens (tertiary/aromatic N) is 5. The lowest BCUT2D eigenvalue weighted by Gasteiger charge is -2.60. The van der Waals surface area contributed by atoms with Gasteiger partial charge in [-0.1, -0.05) is 36.4 Å². The summed E-state index contributed by atoms with van der Waals surface area (Å²) in [7, 11) is 1.54. The Labute approximate surface area is 170 Å². The van der Waals surface area contributed by atoms with E-state index in [1.54, 1.807) is 18.3 Å². The van der Waals surface area contributed by atoms with E-state index in [0.717, 1.165) is 50.9 Å². The van der Waals surface area contributed by atoms with Crippen LogP contribution in [0.2, 0.25) is 0 Å². The maximum absolute atomic E-state index is 10.3. The van der Waals surface area contributed by atoms with E-state index in [-0.39, 0.29) is 11.2 Å². The second-order valence-corrected chi connectivity index (χ2v) is 8.15. The molecular formula is C22H25N5O2. The summed E-state index contributed by atoms with van der Waals surface area (Å²) >= 11 is 0. The van der Waals surface area contributed by atoms with Crippen molar-refractivity contribution in [2.75, 3.05) is 46.8 Å². The van der Waals surface area contributed by atoms with Crippen LogP contribution in [0.3, 0.4) is 0 Å². The Hall–Kier alpha value is -2.74. The highest BCUT2D eigenvalue weighted by atomic mass is 16.5. The minimum Gasteiger partial charge on any atom is -0.504 e. The van der Waals surface area contributed by atoms with Gasteiger partial charge in [0.05, 0.1) is 44.5 Å². The van der Waals surface area contributed by atoms with Gasteiger partial charge in [-0.05, 0) is 17.7 Å². The van der Waals surface area contributed by atoms with Gasteiger partial charge in [0.1, 0.15) is 0 Å². The first kappa shape index (κ1) is 18.3. The largest absolute Gasteiger partial charge is 0.504 e. The molecule has 7 nitrogen and oxygen atoms in total. The second kappa shape index (κ2) is 7.26. The van der Waals surface area contributed by atoms with Crippen LogP contribution in [-0.2, 0) is 0 Å². The fourth-order valence-electron chi connectivity index (χ4n) is 4.96. The van der Waals surface area contributed by atoms with E-state index in [1.807, 2.05) is 24.3 Å². The first-order chi connectivity index (χ1) is 14.2. The van der Waals surface area contributed by atoms with Gasteiger partial charge in [-0.3, -0.25) is 14.7 Å². The van der Waals surface area contributed by atoms with E-state index in [9.17, 15) is 5.11 Å². The smallest absolute Gasteiger partial charge is 0.166 e. The molecule has 0 radical (unpaired) electrons. The van der Waals surface area contributed by atoms with E-state index < -0.39 is 0 Å². The molecule has 7 heteroatoms. The van der Waals surface area contributed by atoms with Crippen LogP contribution in [0.5, 0.6) is 11.5 Å². The van der Waals surface area contributed by atoms with Crippen molar-refractivity contribution in [2.45, 2.75) is 0 Å². The van der Waals surface area contributed by atoms with Gasteiger partial charge in [-0.15, -0.1) is 0 Å². The van der Waals surface area contributed by atoms with E-state index in [4.69, 9.17) is 9.84 Å². The third-order valence-electron chi connectivity index (χ3n) is 5.93. The van der Waals surface area contributed by atoms with Crippen LogP contribution in [0.1, 0.15) is 11.1 Å². The van der Waals surface area contributed by atoms with Gasteiger partial charge < -0.3 is 9.84 Å². The van der Waals surface area contributed by atoms with Crippen molar-refractivity contribution in [3.63, 3.8) is 0 Å². The molecule has 0 saturated carbocycles. The zero-order valence-corrected chi connectivity index (χ0v) is 16.5. The molecule has 29 heavy (non-hydrogen) atoms. The fourth-order valence-corrected chi connectivity index (χ4v) is 4.96. The quantitative estimate of drug-likeness (QED) is 0.624. The van der Waals surface area contributed by atoms with Crippen LogP contribution in [0, 0.1) is 5.41 Å². The lowest BCUT2D eigenvalue weighted by atomic mass is 9.74. The number of aromatic hydroxyl groups is 1. The average molecular weight is 391 g/mol. The molecule has 4 saturated heterocycles. The van der Waals surface area contributed by atoms with Gasteiger partial charge in [0.2, 0.25) is 0 Å². The minimum atomic E-state index is -0.0656. The molecule has 6 rings (SSSR count). The number of hydrogen-bond donors (Lipinski definition) is 1. The summed E-state index contributed by atoms with van der Waals surface area (Å²) in [6.07, 6.45) is 1.60. The molecule has 4 fully saturated rings. The van der Waals surface area contributed by atoms with Crippen LogP contribution in [-0.4, -0.2) is 78.5 Å². The predicted octanol–water partition coefficient (Wildman–Crippen LogP) is 2.03. The van der Waals surface area contributed by atoms with Crippen LogP contribution in [0.4, 0.5) is 0 Å². The Morgan fingerprint density at radius 3 is 2.24 bits per heavy atom. The van der Waals surface area contributed by atoms with Crippen molar-refractivity contribution in [1.29, 1.82) is 0 Å². The topological polar surface area (TPSA) is 63.9 Å². The molecule has 0 aromatic heterocycles. The van der Waals surface area contributed by atoms with Gasteiger partial charge in [-0.2, -0.15) is 10.2 Å². The summed E-state index contributed by atoms with van der Waals surface area (Å²) < 4.78 is 5.18. The number of benzene rings is 2. The zero-order valence-electron chi connectivity index (χ0n) is 16.5.